The molecule has 0 aromatic heterocycles. The number of hydrogen-bond donors (Lipinski definition) is 2. The number of rotatable bonds is 4. The van der Waals surface area contributed by atoms with Crippen LogP contribution in [0.25, 0.3) is 0 Å². The predicted molar refractivity (Wildman–Crippen MR) is 225 cm³/mol. The highest BCUT2D eigenvalue weighted by Crippen LogP contribution is 2.33. The molecule has 1 unspecified atom stereocenters. The number of carbonyl (C=O) groups is 5. The molecule has 3 rings (SSSR count). The highest BCUT2D eigenvalue weighted by Gasteiger charge is 2.40. The predicted octanol–water partition coefficient (Wildman–Crippen LogP) is 4.74. The lowest BCUT2D eigenvalue weighted by molar-refractivity contribution is -0.166. The van der Waals surface area contributed by atoms with Crippen LogP contribution in [0.15, 0.2) is 40.9 Å². The minimum absolute atomic E-state index is 0.0177. The number of aliphatic hydroxyl groups is 1. The molecule has 0 aliphatic carbocycles. The van der Waals surface area contributed by atoms with Crippen molar-refractivity contribution < 1.29 is 38.6 Å². The van der Waals surface area contributed by atoms with Crippen molar-refractivity contribution in [3.05, 3.63) is 41.5 Å². The van der Waals surface area contributed by atoms with Gasteiger partial charge in [0, 0.05) is 44.8 Å². The van der Waals surface area contributed by atoms with E-state index in [1.807, 2.05) is 60.6 Å². The van der Waals surface area contributed by atoms with Crippen molar-refractivity contribution in [2.24, 2.45) is 28.2 Å². The number of likely N-dealkylation sites (N-methyl/N-ethyl adjacent to an activating group) is 3. The molecule has 0 radical (unpaired) electrons. The number of aliphatic imine (C=N–C) groups is 1. The smallest absolute Gasteiger partial charge is 0.328 e. The number of hydrogen-bond acceptors (Lipinski definition) is 10. The van der Waals surface area contributed by atoms with Crippen molar-refractivity contribution in [1.29, 1.82) is 0 Å². The number of nitrogens with zero attached hydrogens (tertiary/aromatic N) is 4. The monoisotopic (exact) mass is 813 g/mol. The van der Waals surface area contributed by atoms with Gasteiger partial charge in [0.15, 0.2) is 0 Å². The lowest BCUT2D eigenvalue weighted by Crippen LogP contribution is -2.59. The van der Waals surface area contributed by atoms with Crippen LogP contribution < -0.4 is 10.1 Å². The van der Waals surface area contributed by atoms with E-state index in [1.54, 1.807) is 57.9 Å². The van der Waals surface area contributed by atoms with Gasteiger partial charge in [-0.15, -0.1) is 11.8 Å². The first-order chi connectivity index (χ1) is 26.5. The van der Waals surface area contributed by atoms with Gasteiger partial charge in [0.05, 0.1) is 24.3 Å². The number of methoxy groups -OCH3 is 1. The highest BCUT2D eigenvalue weighted by molar-refractivity contribution is 8.14. The number of aliphatic hydroxyl groups excluding tert-OH is 1. The second-order valence-electron chi connectivity index (χ2n) is 17.4. The zero-order valence-corrected chi connectivity index (χ0v) is 37.3. The molecule has 2 heterocycles. The molecule has 4 amide bonds. The molecule has 0 spiro atoms. The fourth-order valence-corrected chi connectivity index (χ4v) is 8.27. The van der Waals surface area contributed by atoms with Crippen LogP contribution in [0.1, 0.15) is 87.6 Å². The number of cyclic esters (lactones) is 1. The standard InChI is InChI=1S/C43H67N5O8S/c1-24(2)36-41(53)47(12)29(7)42(54)56-35(43(8,9)10)20-25(3)19-34(49)27(5)38-44-31(23-57-38)21-26(4)37(50)45-33(22-30-15-17-32(55-14)18-16-30)40(52)46(11)28(6)39(51)48(36)13/h15-18,21,24-25,27-29,31,33-36,49H,19-20,22-23H2,1-14H3,(H,45,50)/b26-21-/t25-,27-,28-,29-,31?,33-,34-,35-,36-/m0/s1. The van der Waals surface area contributed by atoms with Gasteiger partial charge in [-0.1, -0.05) is 66.7 Å². The van der Waals surface area contributed by atoms with Gasteiger partial charge in [-0.2, -0.15) is 0 Å². The Bertz CT molecular complexity index is 1660. The van der Waals surface area contributed by atoms with Crippen molar-refractivity contribution in [2.45, 2.75) is 131 Å². The molecule has 2 aliphatic rings. The molecular formula is C43H67N5O8S. The summed E-state index contributed by atoms with van der Waals surface area (Å²) in [6, 6.07) is 2.90. The molecule has 2 bridgehead atoms. The summed E-state index contributed by atoms with van der Waals surface area (Å²) in [5, 5.41) is 15.1. The summed E-state index contributed by atoms with van der Waals surface area (Å²) in [4.78, 5) is 78.8. The van der Waals surface area contributed by atoms with E-state index >= 15 is 0 Å². The second kappa shape index (κ2) is 20.2. The van der Waals surface area contributed by atoms with Crippen molar-refractivity contribution in [3.8, 4) is 5.75 Å². The van der Waals surface area contributed by atoms with Crippen LogP contribution in [0.5, 0.6) is 5.75 Å². The minimum atomic E-state index is -1.04. The summed E-state index contributed by atoms with van der Waals surface area (Å²) in [7, 11) is 6.11. The molecule has 14 heteroatoms. The van der Waals surface area contributed by atoms with Crippen LogP contribution in [0.4, 0.5) is 0 Å². The number of amides is 4. The number of ether oxygens (including phenoxy) is 2. The maximum atomic E-state index is 14.3. The average molecular weight is 814 g/mol. The lowest BCUT2D eigenvalue weighted by atomic mass is 9.81. The summed E-state index contributed by atoms with van der Waals surface area (Å²) < 4.78 is 11.4. The van der Waals surface area contributed by atoms with E-state index in [0.29, 0.717) is 29.9 Å². The number of fused-ring (bicyclic) bond motifs is 1. The summed E-state index contributed by atoms with van der Waals surface area (Å²) in [5.74, 6) is -1.81. The zero-order valence-electron chi connectivity index (χ0n) is 36.5. The third kappa shape index (κ3) is 12.3. The Kier molecular flexibility index (Phi) is 16.8. The van der Waals surface area contributed by atoms with Gasteiger partial charge in [0.2, 0.25) is 23.6 Å². The molecule has 0 fully saturated rings. The summed E-state index contributed by atoms with van der Waals surface area (Å²) in [5.41, 5.74) is 0.723. The van der Waals surface area contributed by atoms with Crippen molar-refractivity contribution in [1.82, 2.24) is 20.0 Å². The molecule has 1 aromatic rings. The van der Waals surface area contributed by atoms with Gasteiger partial charge in [0.1, 0.15) is 36.0 Å². The first kappa shape index (κ1) is 47.5. The van der Waals surface area contributed by atoms with Crippen LogP contribution in [-0.4, -0.2) is 131 Å². The van der Waals surface area contributed by atoms with Gasteiger partial charge in [-0.3, -0.25) is 24.2 Å². The first-order valence-electron chi connectivity index (χ1n) is 20.0. The van der Waals surface area contributed by atoms with E-state index in [1.165, 1.54) is 35.8 Å². The maximum absolute atomic E-state index is 14.3. The van der Waals surface area contributed by atoms with E-state index in [9.17, 15) is 29.1 Å². The molecule has 13 nitrogen and oxygen atoms in total. The molecule has 2 aliphatic heterocycles. The zero-order chi connectivity index (χ0) is 43.1. The Morgan fingerprint density at radius 3 is 2.07 bits per heavy atom. The molecule has 0 saturated heterocycles. The lowest BCUT2D eigenvalue weighted by Gasteiger charge is -2.38. The molecular weight excluding hydrogens is 747 g/mol. The fourth-order valence-electron chi connectivity index (χ4n) is 7.13. The molecule has 1 aromatic carbocycles. The summed E-state index contributed by atoms with van der Waals surface area (Å²) in [6.45, 7) is 18.5. The van der Waals surface area contributed by atoms with Crippen molar-refractivity contribution >= 4 is 46.4 Å². The largest absolute Gasteiger partial charge is 0.497 e. The number of carbonyl (C=O) groups excluding carboxylic acids is 5. The van der Waals surface area contributed by atoms with Crippen LogP contribution in [0.2, 0.25) is 0 Å². The third-order valence-electron chi connectivity index (χ3n) is 11.4. The van der Waals surface area contributed by atoms with E-state index in [4.69, 9.17) is 14.5 Å². The number of benzene rings is 1. The van der Waals surface area contributed by atoms with Crippen LogP contribution >= 0.6 is 11.8 Å². The maximum Gasteiger partial charge on any atom is 0.328 e. The normalized spacial score (nSPS) is 30.9. The van der Waals surface area contributed by atoms with Gasteiger partial charge < -0.3 is 34.6 Å². The average Bonchev–Trinajstić information content (AvgIpc) is 3.62. The minimum Gasteiger partial charge on any atom is -0.497 e. The topological polar surface area (TPSA) is 158 Å². The van der Waals surface area contributed by atoms with E-state index in [0.717, 1.165) is 10.6 Å². The number of nitrogens with one attached hydrogen (secondary N) is 1. The molecule has 0 saturated carbocycles. The second-order valence-corrected chi connectivity index (χ2v) is 18.4. The highest BCUT2D eigenvalue weighted by atomic mass is 32.2. The molecule has 2 N–H and O–H groups in total. The SMILES string of the molecule is COc1ccc(C[C@@H]2NC(=O)/C(C)=C\C3CSC(=N3)[C@@H](C)[C@@H](O)C[C@H](C)C[C@@H](C(C)(C)C)OC(=O)[C@H](C)N(C)C(=O)[C@H](C(C)C)N(C)C(=O)[C@H](C)N(C)C2=O)cc1. The van der Waals surface area contributed by atoms with Crippen LogP contribution in [0.3, 0.4) is 0 Å². The molecule has 57 heavy (non-hydrogen) atoms. The van der Waals surface area contributed by atoms with Crippen LogP contribution in [-0.2, 0) is 35.1 Å². The van der Waals surface area contributed by atoms with E-state index in [2.05, 4.69) is 5.32 Å². The Hall–Kier alpha value is -3.91. The Labute approximate surface area is 344 Å². The third-order valence-corrected chi connectivity index (χ3v) is 12.6. The molecule has 9 atom stereocenters. The fraction of sp³-hybridized carbons (Fsp3) is 0.674. The Morgan fingerprint density at radius 1 is 0.912 bits per heavy atom. The van der Waals surface area contributed by atoms with Crippen molar-refractivity contribution in [2.75, 3.05) is 34.0 Å². The van der Waals surface area contributed by atoms with E-state index < -0.39 is 71.4 Å². The Balaban J connectivity index is 2.06. The van der Waals surface area contributed by atoms with Gasteiger partial charge in [-0.05, 0) is 68.6 Å². The first-order valence-corrected chi connectivity index (χ1v) is 21.0. The molecule has 318 valence electrons. The van der Waals surface area contributed by atoms with Gasteiger partial charge >= 0.3 is 5.97 Å². The van der Waals surface area contributed by atoms with Crippen molar-refractivity contribution in [3.63, 3.8) is 0 Å². The quantitative estimate of drug-likeness (QED) is 0.410. The summed E-state index contributed by atoms with van der Waals surface area (Å²) >= 11 is 1.55. The Morgan fingerprint density at radius 2 is 1.51 bits per heavy atom. The van der Waals surface area contributed by atoms with Crippen LogP contribution in [0, 0.1) is 23.2 Å². The van der Waals surface area contributed by atoms with Gasteiger partial charge in [-0.25, -0.2) is 4.79 Å². The number of esters is 1. The van der Waals surface area contributed by atoms with E-state index in [-0.39, 0.29) is 30.2 Å². The number of thioether (sulfide) groups is 1. The van der Waals surface area contributed by atoms with Gasteiger partial charge in [0.25, 0.3) is 0 Å². The summed E-state index contributed by atoms with van der Waals surface area (Å²) in [6.07, 6.45) is 1.66.